The molecule has 1 heterocycles. The summed E-state index contributed by atoms with van der Waals surface area (Å²) >= 11 is 0. The lowest BCUT2D eigenvalue weighted by molar-refractivity contribution is -0.140. The minimum atomic E-state index is -0.602. The topological polar surface area (TPSA) is 88.9 Å². The second-order valence-electron chi connectivity index (χ2n) is 7.80. The zero-order valence-corrected chi connectivity index (χ0v) is 20.0. The number of methoxy groups -OCH3 is 1. The SMILES string of the molecule is CCOc1cc(/C=C2/C(=O)N(CCCOC)C(=O)C(C#N)=C2C)ccc1OCc1ccccc1F. The zero-order chi connectivity index (χ0) is 25.4. The fraction of sp³-hybridized carbons (Fsp3) is 0.296. The van der Waals surface area contributed by atoms with E-state index in [0.29, 0.717) is 47.8 Å². The van der Waals surface area contributed by atoms with Crippen molar-refractivity contribution in [3.63, 3.8) is 0 Å². The van der Waals surface area contributed by atoms with Gasteiger partial charge < -0.3 is 14.2 Å². The summed E-state index contributed by atoms with van der Waals surface area (Å²) in [6, 6.07) is 13.4. The summed E-state index contributed by atoms with van der Waals surface area (Å²) in [5, 5.41) is 9.53. The van der Waals surface area contributed by atoms with Crippen LogP contribution in [0.2, 0.25) is 0 Å². The summed E-state index contributed by atoms with van der Waals surface area (Å²) in [5.41, 5.74) is 1.54. The number of nitrogens with zero attached hydrogens (tertiary/aromatic N) is 2. The van der Waals surface area contributed by atoms with Gasteiger partial charge in [0.2, 0.25) is 0 Å². The molecule has 2 amide bonds. The monoisotopic (exact) mass is 478 g/mol. The molecule has 0 fully saturated rings. The highest BCUT2D eigenvalue weighted by Crippen LogP contribution is 2.32. The first-order chi connectivity index (χ1) is 16.9. The molecule has 8 heteroatoms. The van der Waals surface area contributed by atoms with Crippen LogP contribution >= 0.6 is 0 Å². The van der Waals surface area contributed by atoms with Crippen LogP contribution in [0.3, 0.4) is 0 Å². The van der Waals surface area contributed by atoms with Gasteiger partial charge in [-0.25, -0.2) is 4.39 Å². The molecule has 0 saturated carbocycles. The number of amides is 2. The van der Waals surface area contributed by atoms with Crippen LogP contribution in [-0.2, 0) is 20.9 Å². The minimum Gasteiger partial charge on any atom is -0.490 e. The van der Waals surface area contributed by atoms with Crippen LogP contribution < -0.4 is 9.47 Å². The van der Waals surface area contributed by atoms with Gasteiger partial charge in [0.15, 0.2) is 11.5 Å². The summed E-state index contributed by atoms with van der Waals surface area (Å²) in [5.74, 6) is -0.580. The third-order valence-electron chi connectivity index (χ3n) is 5.48. The van der Waals surface area contributed by atoms with Crippen LogP contribution in [-0.4, -0.2) is 43.6 Å². The third-order valence-corrected chi connectivity index (χ3v) is 5.48. The van der Waals surface area contributed by atoms with Crippen molar-refractivity contribution in [1.82, 2.24) is 4.90 Å². The lowest BCUT2D eigenvalue weighted by atomic mass is 9.93. The predicted molar refractivity (Wildman–Crippen MR) is 128 cm³/mol. The van der Waals surface area contributed by atoms with Gasteiger partial charge in [0.25, 0.3) is 11.8 Å². The predicted octanol–water partition coefficient (Wildman–Crippen LogP) is 4.43. The molecule has 1 aliphatic rings. The first-order valence-electron chi connectivity index (χ1n) is 11.2. The third kappa shape index (κ3) is 5.94. The van der Waals surface area contributed by atoms with Gasteiger partial charge in [-0.2, -0.15) is 5.26 Å². The number of carbonyl (C=O) groups is 2. The Hall–Kier alpha value is -3.96. The van der Waals surface area contributed by atoms with Gasteiger partial charge >= 0.3 is 0 Å². The van der Waals surface area contributed by atoms with Gasteiger partial charge in [-0.3, -0.25) is 14.5 Å². The van der Waals surface area contributed by atoms with Crippen LogP contribution in [0.25, 0.3) is 6.08 Å². The summed E-state index contributed by atoms with van der Waals surface area (Å²) in [4.78, 5) is 26.9. The Morgan fingerprint density at radius 1 is 1.09 bits per heavy atom. The van der Waals surface area contributed by atoms with E-state index >= 15 is 0 Å². The summed E-state index contributed by atoms with van der Waals surface area (Å²) in [7, 11) is 1.54. The van der Waals surface area contributed by atoms with Crippen LogP contribution in [0, 0.1) is 17.1 Å². The lowest BCUT2D eigenvalue weighted by Crippen LogP contribution is -2.43. The van der Waals surface area contributed by atoms with E-state index < -0.39 is 11.8 Å². The lowest BCUT2D eigenvalue weighted by Gasteiger charge is -2.27. The molecule has 0 N–H and O–H groups in total. The Morgan fingerprint density at radius 2 is 1.86 bits per heavy atom. The Balaban J connectivity index is 1.92. The normalized spacial score (nSPS) is 14.9. The molecular formula is C27H27FN2O5. The number of rotatable bonds is 10. The second-order valence-corrected chi connectivity index (χ2v) is 7.80. The summed E-state index contributed by atoms with van der Waals surface area (Å²) in [6.07, 6.45) is 2.08. The van der Waals surface area contributed by atoms with E-state index in [2.05, 4.69) is 0 Å². The molecule has 2 aromatic rings. The van der Waals surface area contributed by atoms with Crippen molar-refractivity contribution in [2.75, 3.05) is 26.9 Å². The molecule has 3 rings (SSSR count). The molecule has 7 nitrogen and oxygen atoms in total. The largest absolute Gasteiger partial charge is 0.490 e. The number of hydrogen-bond donors (Lipinski definition) is 0. The smallest absolute Gasteiger partial charge is 0.271 e. The van der Waals surface area contributed by atoms with Crippen molar-refractivity contribution in [2.45, 2.75) is 26.9 Å². The molecule has 0 spiro atoms. The van der Waals surface area contributed by atoms with Crippen LogP contribution in [0.15, 0.2) is 59.2 Å². The van der Waals surface area contributed by atoms with E-state index in [1.54, 1.807) is 49.4 Å². The molecule has 0 unspecified atom stereocenters. The highest BCUT2D eigenvalue weighted by molar-refractivity contribution is 6.19. The van der Waals surface area contributed by atoms with E-state index in [9.17, 15) is 19.2 Å². The quantitative estimate of drug-likeness (QED) is 0.285. The number of ether oxygens (including phenoxy) is 3. The average molecular weight is 479 g/mol. The molecule has 0 bridgehead atoms. The molecule has 0 radical (unpaired) electrons. The van der Waals surface area contributed by atoms with Crippen molar-refractivity contribution in [3.8, 4) is 17.6 Å². The maximum Gasteiger partial charge on any atom is 0.271 e. The molecule has 0 atom stereocenters. The number of carbonyl (C=O) groups excluding carboxylic acids is 2. The molecule has 0 aromatic heterocycles. The number of nitriles is 1. The van der Waals surface area contributed by atoms with E-state index in [1.165, 1.54) is 13.2 Å². The van der Waals surface area contributed by atoms with Gasteiger partial charge in [-0.15, -0.1) is 0 Å². The highest BCUT2D eigenvalue weighted by Gasteiger charge is 2.35. The van der Waals surface area contributed by atoms with Gasteiger partial charge in [-0.1, -0.05) is 24.3 Å². The van der Waals surface area contributed by atoms with Crippen LogP contribution in [0.4, 0.5) is 4.39 Å². The van der Waals surface area contributed by atoms with Crippen molar-refractivity contribution in [3.05, 3.63) is 76.1 Å². The van der Waals surface area contributed by atoms with Crippen molar-refractivity contribution in [2.24, 2.45) is 0 Å². The number of hydrogen-bond acceptors (Lipinski definition) is 6. The summed E-state index contributed by atoms with van der Waals surface area (Å²) < 4.78 is 30.5. The van der Waals surface area contributed by atoms with Gasteiger partial charge in [-0.05, 0) is 55.7 Å². The fourth-order valence-corrected chi connectivity index (χ4v) is 3.64. The fourth-order valence-electron chi connectivity index (χ4n) is 3.64. The van der Waals surface area contributed by atoms with Gasteiger partial charge in [0.1, 0.15) is 24.1 Å². The Kier molecular flexibility index (Phi) is 8.76. The van der Waals surface area contributed by atoms with E-state index in [1.807, 2.05) is 13.0 Å². The molecular weight excluding hydrogens is 451 g/mol. The van der Waals surface area contributed by atoms with Crippen molar-refractivity contribution < 1.29 is 28.2 Å². The van der Waals surface area contributed by atoms with Gasteiger partial charge in [0, 0.05) is 31.4 Å². The molecule has 1 aliphatic heterocycles. The Labute approximate surface area is 204 Å². The first-order valence-corrected chi connectivity index (χ1v) is 11.2. The van der Waals surface area contributed by atoms with Crippen molar-refractivity contribution in [1.29, 1.82) is 5.26 Å². The van der Waals surface area contributed by atoms with E-state index in [0.717, 1.165) is 4.90 Å². The second kappa shape index (κ2) is 12.0. The molecule has 2 aromatic carbocycles. The standard InChI is InChI=1S/C27H27FN2O5/c1-4-34-25-15-19(10-11-24(25)35-17-20-8-5-6-9-23(20)28)14-21-18(2)22(16-29)27(32)30(26(21)31)12-7-13-33-3/h5-6,8-11,14-15H,4,7,12-13,17H2,1-3H3/b21-14+. The molecule has 0 saturated heterocycles. The van der Waals surface area contributed by atoms with Crippen molar-refractivity contribution >= 4 is 17.9 Å². The first kappa shape index (κ1) is 25.7. The van der Waals surface area contributed by atoms with Crippen LogP contribution in [0.1, 0.15) is 31.4 Å². The molecule has 0 aliphatic carbocycles. The maximum absolute atomic E-state index is 13.9. The number of benzene rings is 2. The minimum absolute atomic E-state index is 0.0254. The zero-order valence-electron chi connectivity index (χ0n) is 20.0. The molecule has 35 heavy (non-hydrogen) atoms. The van der Waals surface area contributed by atoms with E-state index in [4.69, 9.17) is 14.2 Å². The summed E-state index contributed by atoms with van der Waals surface area (Å²) in [6.45, 7) is 4.33. The maximum atomic E-state index is 13.9. The highest BCUT2D eigenvalue weighted by atomic mass is 19.1. The number of halogens is 1. The van der Waals surface area contributed by atoms with Gasteiger partial charge in [0.05, 0.1) is 6.61 Å². The Morgan fingerprint density at radius 3 is 2.54 bits per heavy atom. The average Bonchev–Trinajstić information content (AvgIpc) is 2.85. The molecule has 182 valence electrons. The van der Waals surface area contributed by atoms with Crippen LogP contribution in [0.5, 0.6) is 11.5 Å². The number of imide groups is 1. The van der Waals surface area contributed by atoms with E-state index in [-0.39, 0.29) is 30.1 Å². The Bertz CT molecular complexity index is 1210.